The highest BCUT2D eigenvalue weighted by Crippen LogP contribution is 2.13. The maximum absolute atomic E-state index is 10.6. The molecule has 1 aromatic carbocycles. The van der Waals surface area contributed by atoms with Gasteiger partial charge in [0, 0.05) is 6.42 Å². The Morgan fingerprint density at radius 1 is 0.724 bits per heavy atom. The lowest BCUT2D eigenvalue weighted by molar-refractivity contribution is -0.118. The number of carbonyl (C=O) groups excluding carboxylic acids is 1. The van der Waals surface area contributed by atoms with Crippen molar-refractivity contribution in [3.8, 4) is 5.75 Å². The van der Waals surface area contributed by atoms with Gasteiger partial charge in [0.25, 0.3) is 0 Å². The first kappa shape index (κ1) is 24.5. The maximum Gasteiger partial charge on any atom is 0.217 e. The minimum atomic E-state index is -0.220. The van der Waals surface area contributed by atoms with Crippen LogP contribution in [0, 0.1) is 0 Å². The summed E-state index contributed by atoms with van der Waals surface area (Å²) in [4.78, 5) is 10.6. The summed E-state index contributed by atoms with van der Waals surface area (Å²) in [5.41, 5.74) is 6.40. The van der Waals surface area contributed by atoms with Crippen LogP contribution in [0.4, 0.5) is 0 Å². The molecule has 29 heavy (non-hydrogen) atoms. The normalized spacial score (nSPS) is 12.1. The summed E-state index contributed by atoms with van der Waals surface area (Å²) in [5.74, 6) is 0.119. The SMILES string of the molecule is NC(=O)CCCC=CCC=CCC=CCC=CCCCCCc1ccc(O)cc1. The quantitative estimate of drug-likeness (QED) is 0.246. The number of aryl methyl sites for hydroxylation is 1. The molecule has 0 fully saturated rings. The zero-order valence-corrected chi connectivity index (χ0v) is 17.6. The number of nitrogens with two attached hydrogens (primary N) is 1. The molecule has 1 amide bonds. The van der Waals surface area contributed by atoms with Crippen LogP contribution in [0.15, 0.2) is 72.9 Å². The van der Waals surface area contributed by atoms with E-state index < -0.39 is 0 Å². The van der Waals surface area contributed by atoms with Crippen LogP contribution < -0.4 is 5.73 Å². The Morgan fingerprint density at radius 3 is 1.79 bits per heavy atom. The van der Waals surface area contributed by atoms with E-state index in [4.69, 9.17) is 5.73 Å². The van der Waals surface area contributed by atoms with Gasteiger partial charge in [-0.25, -0.2) is 0 Å². The Hall–Kier alpha value is -2.55. The minimum Gasteiger partial charge on any atom is -0.508 e. The fourth-order valence-electron chi connectivity index (χ4n) is 2.87. The molecular weight excluding hydrogens is 358 g/mol. The first-order valence-electron chi connectivity index (χ1n) is 10.8. The molecule has 158 valence electrons. The van der Waals surface area contributed by atoms with Crippen LogP contribution in [0.25, 0.3) is 0 Å². The first-order valence-corrected chi connectivity index (χ1v) is 10.8. The molecule has 3 nitrogen and oxygen atoms in total. The monoisotopic (exact) mass is 395 g/mol. The standard InChI is InChI=1S/C26H37NO2/c27-26(29)19-17-15-13-11-9-7-5-3-1-2-4-6-8-10-12-14-16-18-24-20-22-25(28)23-21-24/h1-2,5-8,11,13,20-23,28H,3-4,9-10,12,14-19H2,(H2,27,29). The molecule has 0 aliphatic carbocycles. The molecule has 0 unspecified atom stereocenters. The molecule has 0 spiro atoms. The fraction of sp³-hybridized carbons (Fsp3) is 0.423. The van der Waals surface area contributed by atoms with Crippen molar-refractivity contribution in [2.75, 3.05) is 0 Å². The van der Waals surface area contributed by atoms with E-state index in [-0.39, 0.29) is 5.91 Å². The number of allylic oxidation sites excluding steroid dienone is 8. The van der Waals surface area contributed by atoms with Crippen molar-refractivity contribution in [2.24, 2.45) is 5.73 Å². The molecule has 0 aliphatic rings. The van der Waals surface area contributed by atoms with E-state index in [1.807, 2.05) is 12.1 Å². The Morgan fingerprint density at radius 2 is 1.24 bits per heavy atom. The van der Waals surface area contributed by atoms with Gasteiger partial charge in [-0.2, -0.15) is 0 Å². The van der Waals surface area contributed by atoms with E-state index in [0.29, 0.717) is 12.2 Å². The van der Waals surface area contributed by atoms with E-state index in [2.05, 4.69) is 48.6 Å². The second kappa shape index (κ2) is 17.5. The van der Waals surface area contributed by atoms with Gasteiger partial charge < -0.3 is 10.8 Å². The average molecular weight is 396 g/mol. The third-order valence-electron chi connectivity index (χ3n) is 4.55. The summed E-state index contributed by atoms with van der Waals surface area (Å²) in [7, 11) is 0. The number of benzene rings is 1. The molecular formula is C26H37NO2. The number of phenols is 1. The highest BCUT2D eigenvalue weighted by atomic mass is 16.3. The third-order valence-corrected chi connectivity index (χ3v) is 4.55. The predicted octanol–water partition coefficient (Wildman–Crippen LogP) is 6.55. The van der Waals surface area contributed by atoms with E-state index in [1.165, 1.54) is 24.8 Å². The topological polar surface area (TPSA) is 63.3 Å². The number of phenolic OH excluding ortho intramolecular Hbond substituents is 1. The Labute approximate surface area is 176 Å². The Bertz CT molecular complexity index is 654. The number of hydrogen-bond acceptors (Lipinski definition) is 2. The average Bonchev–Trinajstić information content (AvgIpc) is 2.71. The van der Waals surface area contributed by atoms with Crippen LogP contribution in [0.5, 0.6) is 5.75 Å². The molecule has 0 atom stereocenters. The number of unbranched alkanes of at least 4 members (excludes halogenated alkanes) is 4. The Balaban J connectivity index is 1.91. The highest BCUT2D eigenvalue weighted by molar-refractivity contribution is 5.73. The number of rotatable bonds is 16. The zero-order valence-electron chi connectivity index (χ0n) is 17.6. The van der Waals surface area contributed by atoms with Crippen molar-refractivity contribution in [1.82, 2.24) is 0 Å². The molecule has 0 radical (unpaired) electrons. The van der Waals surface area contributed by atoms with Gasteiger partial charge in [-0.05, 0) is 75.5 Å². The van der Waals surface area contributed by atoms with Crippen molar-refractivity contribution in [3.63, 3.8) is 0 Å². The molecule has 0 bridgehead atoms. The number of primary amides is 1. The van der Waals surface area contributed by atoms with Gasteiger partial charge >= 0.3 is 0 Å². The minimum absolute atomic E-state index is 0.220. The molecule has 0 aliphatic heterocycles. The van der Waals surface area contributed by atoms with E-state index in [1.54, 1.807) is 12.1 Å². The number of aromatic hydroxyl groups is 1. The van der Waals surface area contributed by atoms with Crippen molar-refractivity contribution >= 4 is 5.91 Å². The van der Waals surface area contributed by atoms with Crippen LogP contribution in [-0.2, 0) is 11.2 Å². The molecule has 0 aromatic heterocycles. The smallest absolute Gasteiger partial charge is 0.217 e. The number of amides is 1. The molecule has 1 aromatic rings. The lowest BCUT2D eigenvalue weighted by Crippen LogP contribution is -2.09. The summed E-state index contributed by atoms with van der Waals surface area (Å²) in [6, 6.07) is 7.52. The van der Waals surface area contributed by atoms with Gasteiger partial charge in [-0.3, -0.25) is 4.79 Å². The van der Waals surface area contributed by atoms with Gasteiger partial charge in [-0.1, -0.05) is 67.2 Å². The second-order valence-electron chi connectivity index (χ2n) is 7.22. The van der Waals surface area contributed by atoms with Crippen molar-refractivity contribution in [2.45, 2.75) is 70.6 Å². The van der Waals surface area contributed by atoms with Gasteiger partial charge in [-0.15, -0.1) is 0 Å². The first-order chi connectivity index (χ1) is 14.2. The van der Waals surface area contributed by atoms with Crippen LogP contribution in [-0.4, -0.2) is 11.0 Å². The lowest BCUT2D eigenvalue weighted by Gasteiger charge is -2.01. The third kappa shape index (κ3) is 16.1. The summed E-state index contributed by atoms with van der Waals surface area (Å²) >= 11 is 0. The number of carbonyl (C=O) groups is 1. The summed E-state index contributed by atoms with van der Waals surface area (Å²) in [5, 5.41) is 9.27. The molecule has 0 heterocycles. The van der Waals surface area contributed by atoms with E-state index >= 15 is 0 Å². The van der Waals surface area contributed by atoms with E-state index in [0.717, 1.165) is 44.9 Å². The van der Waals surface area contributed by atoms with Crippen molar-refractivity contribution in [3.05, 3.63) is 78.4 Å². The van der Waals surface area contributed by atoms with Crippen LogP contribution >= 0.6 is 0 Å². The molecule has 1 rings (SSSR count). The largest absolute Gasteiger partial charge is 0.508 e. The van der Waals surface area contributed by atoms with Crippen LogP contribution in [0.1, 0.15) is 69.8 Å². The van der Waals surface area contributed by atoms with Gasteiger partial charge in [0.2, 0.25) is 5.91 Å². The highest BCUT2D eigenvalue weighted by Gasteiger charge is 1.94. The van der Waals surface area contributed by atoms with Crippen molar-refractivity contribution < 1.29 is 9.90 Å². The molecule has 0 saturated heterocycles. The lowest BCUT2D eigenvalue weighted by atomic mass is 10.1. The van der Waals surface area contributed by atoms with Gasteiger partial charge in [0.1, 0.15) is 5.75 Å². The Kier molecular flexibility index (Phi) is 14.8. The molecule has 3 heteroatoms. The predicted molar refractivity (Wildman–Crippen MR) is 124 cm³/mol. The van der Waals surface area contributed by atoms with Crippen LogP contribution in [0.3, 0.4) is 0 Å². The van der Waals surface area contributed by atoms with Gasteiger partial charge in [0.15, 0.2) is 0 Å². The second-order valence-corrected chi connectivity index (χ2v) is 7.22. The van der Waals surface area contributed by atoms with Crippen molar-refractivity contribution in [1.29, 1.82) is 0 Å². The number of hydrogen-bond donors (Lipinski definition) is 2. The van der Waals surface area contributed by atoms with Crippen LogP contribution in [0.2, 0.25) is 0 Å². The summed E-state index contributed by atoms with van der Waals surface area (Å²) in [6.07, 6.45) is 28.6. The maximum atomic E-state index is 10.6. The van der Waals surface area contributed by atoms with Gasteiger partial charge in [0.05, 0.1) is 0 Å². The summed E-state index contributed by atoms with van der Waals surface area (Å²) in [6.45, 7) is 0. The fourth-order valence-corrected chi connectivity index (χ4v) is 2.87. The van der Waals surface area contributed by atoms with E-state index in [9.17, 15) is 9.90 Å². The zero-order chi connectivity index (χ0) is 21.0. The molecule has 0 saturated carbocycles. The molecule has 3 N–H and O–H groups in total. The summed E-state index contributed by atoms with van der Waals surface area (Å²) < 4.78 is 0.